The van der Waals surface area contributed by atoms with Crippen molar-refractivity contribution in [3.05, 3.63) is 71.3 Å². The molecule has 0 fully saturated rings. The van der Waals surface area contributed by atoms with Crippen molar-refractivity contribution in [2.24, 2.45) is 0 Å². The molecule has 2 nitrogen and oxygen atoms in total. The number of hydrogen-bond acceptors (Lipinski definition) is 1. The molecular weight excluding hydrogens is 260 g/mol. The Morgan fingerprint density at radius 1 is 1.10 bits per heavy atom. The van der Waals surface area contributed by atoms with Crippen LogP contribution in [0.5, 0.6) is 0 Å². The fourth-order valence-corrected chi connectivity index (χ4v) is 1.92. The van der Waals surface area contributed by atoms with Crippen LogP contribution < -0.4 is 5.32 Å². The lowest BCUT2D eigenvalue weighted by Gasteiger charge is -2.13. The van der Waals surface area contributed by atoms with Gasteiger partial charge in [-0.25, -0.2) is 8.78 Å². The van der Waals surface area contributed by atoms with Crippen LogP contribution in [0.25, 0.3) is 0 Å². The number of hydrogen-bond donors (Lipinski definition) is 1. The summed E-state index contributed by atoms with van der Waals surface area (Å²) < 4.78 is 26.5. The van der Waals surface area contributed by atoms with Gasteiger partial charge in [0.05, 0.1) is 5.56 Å². The van der Waals surface area contributed by atoms with Gasteiger partial charge >= 0.3 is 0 Å². The zero-order valence-electron chi connectivity index (χ0n) is 11.1. The highest BCUT2D eigenvalue weighted by molar-refractivity contribution is 5.94. The minimum atomic E-state index is -1.11. The number of benzene rings is 2. The molecule has 1 atom stereocenters. The van der Waals surface area contributed by atoms with Gasteiger partial charge in [-0.3, -0.25) is 4.79 Å². The van der Waals surface area contributed by atoms with E-state index >= 15 is 0 Å². The maximum absolute atomic E-state index is 13.5. The number of amides is 1. The highest BCUT2D eigenvalue weighted by Gasteiger charge is 2.15. The van der Waals surface area contributed by atoms with Crippen LogP contribution in [0, 0.1) is 11.6 Å². The number of rotatable bonds is 4. The van der Waals surface area contributed by atoms with E-state index in [0.29, 0.717) is 6.54 Å². The molecule has 2 aromatic rings. The van der Waals surface area contributed by atoms with Crippen molar-refractivity contribution in [2.75, 3.05) is 6.54 Å². The molecule has 0 saturated heterocycles. The quantitative estimate of drug-likeness (QED) is 0.909. The van der Waals surface area contributed by atoms with E-state index in [1.807, 2.05) is 37.3 Å². The predicted molar refractivity (Wildman–Crippen MR) is 73.5 cm³/mol. The van der Waals surface area contributed by atoms with Gasteiger partial charge in [-0.2, -0.15) is 0 Å². The molecule has 0 spiro atoms. The summed E-state index contributed by atoms with van der Waals surface area (Å²) >= 11 is 0. The Balaban J connectivity index is 2.01. The first-order valence-electron chi connectivity index (χ1n) is 6.36. The molecule has 1 amide bonds. The minimum Gasteiger partial charge on any atom is -0.351 e. The van der Waals surface area contributed by atoms with Crippen molar-refractivity contribution in [3.63, 3.8) is 0 Å². The van der Waals surface area contributed by atoms with E-state index in [1.54, 1.807) is 0 Å². The van der Waals surface area contributed by atoms with Crippen molar-refractivity contribution in [3.8, 4) is 0 Å². The molecule has 0 aliphatic carbocycles. The highest BCUT2D eigenvalue weighted by Crippen LogP contribution is 2.14. The third kappa shape index (κ3) is 3.20. The fourth-order valence-electron chi connectivity index (χ4n) is 1.92. The Kier molecular flexibility index (Phi) is 4.45. The second-order valence-corrected chi connectivity index (χ2v) is 4.62. The van der Waals surface area contributed by atoms with Crippen LogP contribution in [0.4, 0.5) is 8.78 Å². The average Bonchev–Trinajstić information content (AvgIpc) is 2.48. The molecule has 20 heavy (non-hydrogen) atoms. The van der Waals surface area contributed by atoms with Crippen molar-refractivity contribution in [1.82, 2.24) is 5.32 Å². The summed E-state index contributed by atoms with van der Waals surface area (Å²) in [5.74, 6) is -2.65. The molecule has 1 unspecified atom stereocenters. The molecule has 4 heteroatoms. The minimum absolute atomic E-state index is 0.0942. The molecule has 2 rings (SSSR count). The van der Waals surface area contributed by atoms with Gasteiger partial charge in [0.1, 0.15) is 0 Å². The molecule has 2 aromatic carbocycles. The van der Waals surface area contributed by atoms with Gasteiger partial charge < -0.3 is 5.32 Å². The Labute approximate surface area is 116 Å². The van der Waals surface area contributed by atoms with Gasteiger partial charge in [0.25, 0.3) is 5.91 Å². The van der Waals surface area contributed by atoms with E-state index in [1.165, 1.54) is 12.1 Å². The lowest BCUT2D eigenvalue weighted by molar-refractivity contribution is 0.0946. The van der Waals surface area contributed by atoms with E-state index in [4.69, 9.17) is 0 Å². The van der Waals surface area contributed by atoms with Crippen molar-refractivity contribution >= 4 is 5.91 Å². The van der Waals surface area contributed by atoms with Crippen LogP contribution >= 0.6 is 0 Å². The summed E-state index contributed by atoms with van der Waals surface area (Å²) in [6.07, 6.45) is 0. The van der Waals surface area contributed by atoms with Crippen molar-refractivity contribution in [2.45, 2.75) is 12.8 Å². The fraction of sp³-hybridized carbons (Fsp3) is 0.188. The summed E-state index contributed by atoms with van der Waals surface area (Å²) in [7, 11) is 0. The molecule has 1 N–H and O–H groups in total. The van der Waals surface area contributed by atoms with Crippen molar-refractivity contribution in [1.29, 1.82) is 0 Å². The highest BCUT2D eigenvalue weighted by atomic mass is 19.2. The third-order valence-electron chi connectivity index (χ3n) is 3.13. The molecule has 0 aliphatic rings. The third-order valence-corrected chi connectivity index (χ3v) is 3.13. The smallest absolute Gasteiger partial charge is 0.254 e. The first-order chi connectivity index (χ1) is 9.59. The number of carbonyl (C=O) groups excluding carboxylic acids is 1. The van der Waals surface area contributed by atoms with Crippen molar-refractivity contribution < 1.29 is 13.6 Å². The summed E-state index contributed by atoms with van der Waals surface area (Å²) in [5, 5.41) is 2.62. The summed E-state index contributed by atoms with van der Waals surface area (Å²) in [4.78, 5) is 11.8. The van der Waals surface area contributed by atoms with Gasteiger partial charge in [-0.1, -0.05) is 43.3 Å². The molecular formula is C16H15F2NO. The predicted octanol–water partition coefficient (Wildman–Crippen LogP) is 3.50. The monoisotopic (exact) mass is 275 g/mol. The van der Waals surface area contributed by atoms with E-state index < -0.39 is 17.5 Å². The van der Waals surface area contributed by atoms with E-state index in [2.05, 4.69) is 5.32 Å². The molecule has 0 bridgehead atoms. The normalized spacial score (nSPS) is 11.9. The lowest BCUT2D eigenvalue weighted by Crippen LogP contribution is -2.28. The molecule has 0 aromatic heterocycles. The first-order valence-corrected chi connectivity index (χ1v) is 6.36. The second-order valence-electron chi connectivity index (χ2n) is 4.62. The zero-order chi connectivity index (χ0) is 14.5. The molecule has 0 aliphatic heterocycles. The second kappa shape index (κ2) is 6.28. The number of nitrogens with one attached hydrogen (secondary N) is 1. The van der Waals surface area contributed by atoms with Crippen LogP contribution in [0.2, 0.25) is 0 Å². The Morgan fingerprint density at radius 2 is 1.80 bits per heavy atom. The van der Waals surface area contributed by atoms with Crippen LogP contribution in [-0.2, 0) is 0 Å². The van der Waals surface area contributed by atoms with E-state index in [0.717, 1.165) is 11.6 Å². The van der Waals surface area contributed by atoms with Gasteiger partial charge in [0.2, 0.25) is 0 Å². The van der Waals surface area contributed by atoms with Gasteiger partial charge in [0, 0.05) is 6.54 Å². The summed E-state index contributed by atoms with van der Waals surface area (Å²) in [6, 6.07) is 13.2. The number of halogens is 2. The molecule has 0 saturated carbocycles. The molecule has 0 heterocycles. The van der Waals surface area contributed by atoms with Crippen LogP contribution in [0.15, 0.2) is 48.5 Å². The number of carbonyl (C=O) groups is 1. The largest absolute Gasteiger partial charge is 0.351 e. The first kappa shape index (κ1) is 14.2. The van der Waals surface area contributed by atoms with Gasteiger partial charge in [-0.05, 0) is 23.6 Å². The Morgan fingerprint density at radius 3 is 2.50 bits per heavy atom. The van der Waals surface area contributed by atoms with Gasteiger partial charge in [0.15, 0.2) is 11.6 Å². The van der Waals surface area contributed by atoms with E-state index in [9.17, 15) is 13.6 Å². The van der Waals surface area contributed by atoms with Crippen LogP contribution in [-0.4, -0.2) is 12.5 Å². The maximum Gasteiger partial charge on any atom is 0.254 e. The molecule has 104 valence electrons. The molecule has 0 radical (unpaired) electrons. The van der Waals surface area contributed by atoms with Gasteiger partial charge in [-0.15, -0.1) is 0 Å². The van der Waals surface area contributed by atoms with E-state index in [-0.39, 0.29) is 11.5 Å². The SMILES string of the molecule is CC(CNC(=O)c1cccc(F)c1F)c1ccccc1. The zero-order valence-corrected chi connectivity index (χ0v) is 11.1. The summed E-state index contributed by atoms with van der Waals surface area (Å²) in [5.41, 5.74) is 0.803. The topological polar surface area (TPSA) is 29.1 Å². The Bertz CT molecular complexity index is 599. The van der Waals surface area contributed by atoms with Crippen LogP contribution in [0.1, 0.15) is 28.8 Å². The summed E-state index contributed by atoms with van der Waals surface area (Å²) in [6.45, 7) is 2.32. The Hall–Kier alpha value is -2.23. The lowest BCUT2D eigenvalue weighted by atomic mass is 10.0. The van der Waals surface area contributed by atoms with Crippen LogP contribution in [0.3, 0.4) is 0 Å². The average molecular weight is 275 g/mol. The standard InChI is InChI=1S/C16H15F2NO/c1-11(12-6-3-2-4-7-12)10-19-16(20)13-8-5-9-14(17)15(13)18/h2-9,11H,10H2,1H3,(H,19,20). The maximum atomic E-state index is 13.5.